The molecule has 2 aliphatic heterocycles. The Kier molecular flexibility index (Phi) is 16.8. The molecule has 86 heavy (non-hydrogen) atoms. The standard InChI is InChI=1S/C74H60Br4O8/c75-49-29-47(30-50(76)33-49)73-83-69-40-67(81)59-36-61(69)55(27-23-45-17-9-3-10-18-45)63-38-64-56(28-24-46-19-11-4-12-20-46)62-37-60(68(82)41-70(62)84-74(86-72(64)42-71(63)85-73)48-31-51(77)34-52(78)32-48)54(26-22-44-15-7-2-8-16-44)58-35-57(65(79)39-66(58)80)53(59)25-21-43-13-5-1-6-14-43/h1-20,29-42,53-56,73-74,79-82H,21-28H2. The van der Waals surface area contributed by atoms with Crippen LogP contribution in [0.15, 0.2) is 224 Å². The molecule has 0 amide bonds. The van der Waals surface area contributed by atoms with Gasteiger partial charge < -0.3 is 39.4 Å². The first-order valence-electron chi connectivity index (χ1n) is 29.1. The fourth-order valence-electron chi connectivity index (χ4n) is 13.0. The van der Waals surface area contributed by atoms with Crippen LogP contribution in [0.1, 0.15) is 140 Å². The van der Waals surface area contributed by atoms with Crippen LogP contribution < -0.4 is 18.9 Å². The largest absolute Gasteiger partial charge is 0.508 e. The second-order valence-corrected chi connectivity index (χ2v) is 26.3. The Morgan fingerprint density at radius 2 is 0.512 bits per heavy atom. The summed E-state index contributed by atoms with van der Waals surface area (Å²) >= 11 is 15.0. The molecule has 3 aliphatic rings. The summed E-state index contributed by atoms with van der Waals surface area (Å²) in [5.74, 6) is -0.401. The molecule has 12 heteroatoms. The quantitative estimate of drug-likeness (QED) is 0.0851. The SMILES string of the molecule is Oc1cc(O)c2cc1C(CCc1ccccc1)c1cc3c(cc1O)OC(c1cc(Br)cc(Br)c1)Oc1cc4c(cc1C3CCc1ccccc1)C(CCc1ccccc1)c1cc(c(O)cc1OC(c1cc(Br)cc(Br)c1)O4)C2CCc1ccccc1. The van der Waals surface area contributed by atoms with Crippen molar-refractivity contribution in [2.24, 2.45) is 0 Å². The van der Waals surface area contributed by atoms with Crippen molar-refractivity contribution < 1.29 is 39.4 Å². The molecule has 1 aliphatic carbocycles. The normalized spacial score (nSPS) is 18.2. The molecule has 0 fully saturated rings. The number of fused-ring (bicyclic) bond motifs is 4. The molecule has 0 saturated carbocycles. The maximum atomic E-state index is 12.9. The molecule has 0 radical (unpaired) electrons. The number of phenols is 4. The monoisotopic (exact) mass is 1390 g/mol. The van der Waals surface area contributed by atoms with Crippen molar-refractivity contribution in [3.05, 3.63) is 302 Å². The van der Waals surface area contributed by atoms with Crippen LogP contribution in [0.5, 0.6) is 46.0 Å². The van der Waals surface area contributed by atoms with E-state index in [1.165, 1.54) is 6.07 Å². The number of hydrogen-bond acceptors (Lipinski definition) is 8. The van der Waals surface area contributed by atoms with Gasteiger partial charge in [0.2, 0.25) is 0 Å². The molecule has 2 heterocycles. The van der Waals surface area contributed by atoms with E-state index in [1.54, 1.807) is 12.1 Å². The Labute approximate surface area is 534 Å². The summed E-state index contributed by atoms with van der Waals surface area (Å²) in [4.78, 5) is 0. The van der Waals surface area contributed by atoms with Crippen LogP contribution in [0, 0.1) is 0 Å². The van der Waals surface area contributed by atoms with Crippen molar-refractivity contribution in [3.8, 4) is 46.0 Å². The number of phenolic OH excluding ortho intramolecular Hbond substituents is 4. The third-order valence-electron chi connectivity index (χ3n) is 17.1. The van der Waals surface area contributed by atoms with E-state index in [0.29, 0.717) is 108 Å². The van der Waals surface area contributed by atoms with Gasteiger partial charge in [-0.15, -0.1) is 0 Å². The Morgan fingerprint density at radius 1 is 0.267 bits per heavy atom. The third-order valence-corrected chi connectivity index (χ3v) is 19.0. The maximum absolute atomic E-state index is 12.9. The minimum Gasteiger partial charge on any atom is -0.508 e. The average molecular weight is 1400 g/mol. The minimum atomic E-state index is -1.04. The second-order valence-electron chi connectivity index (χ2n) is 22.6. The zero-order valence-electron chi connectivity index (χ0n) is 46.7. The summed E-state index contributed by atoms with van der Waals surface area (Å²) in [7, 11) is 0. The highest BCUT2D eigenvalue weighted by molar-refractivity contribution is 9.11. The van der Waals surface area contributed by atoms with Gasteiger partial charge >= 0.3 is 0 Å². The van der Waals surface area contributed by atoms with E-state index in [2.05, 4.69) is 155 Å². The number of rotatable bonds is 14. The first-order chi connectivity index (χ1) is 41.8. The molecular weight excluding hydrogens is 1340 g/mol. The molecule has 0 aromatic heterocycles. The van der Waals surface area contributed by atoms with Crippen molar-refractivity contribution in [3.63, 3.8) is 0 Å². The van der Waals surface area contributed by atoms with E-state index in [9.17, 15) is 20.4 Å². The van der Waals surface area contributed by atoms with Crippen molar-refractivity contribution in [1.29, 1.82) is 0 Å². The Balaban J connectivity index is 1.14. The van der Waals surface area contributed by atoms with Gasteiger partial charge in [-0.25, -0.2) is 0 Å². The van der Waals surface area contributed by atoms with Crippen LogP contribution in [-0.4, -0.2) is 20.4 Å². The maximum Gasteiger partial charge on any atom is 0.267 e. The molecule has 8 bridgehead atoms. The third kappa shape index (κ3) is 12.3. The lowest BCUT2D eigenvalue weighted by Gasteiger charge is -2.36. The highest BCUT2D eigenvalue weighted by Gasteiger charge is 2.39. The number of ether oxygens (including phenoxy) is 4. The van der Waals surface area contributed by atoms with Crippen LogP contribution >= 0.6 is 63.7 Å². The lowest BCUT2D eigenvalue weighted by atomic mass is 9.76. The molecular formula is C74H60Br4O8. The van der Waals surface area contributed by atoms with Gasteiger partial charge in [0, 0.05) is 121 Å². The molecule has 6 unspecified atom stereocenters. The van der Waals surface area contributed by atoms with Gasteiger partial charge in [0.05, 0.1) is 0 Å². The summed E-state index contributed by atoms with van der Waals surface area (Å²) in [6.07, 6.45) is 2.60. The summed E-state index contributed by atoms with van der Waals surface area (Å²) in [6, 6.07) is 68.4. The van der Waals surface area contributed by atoms with Crippen molar-refractivity contribution in [2.45, 2.75) is 87.6 Å². The zero-order valence-corrected chi connectivity index (χ0v) is 53.0. The summed E-state index contributed by atoms with van der Waals surface area (Å²) < 4.78 is 32.4. The number of benzene rings is 10. The van der Waals surface area contributed by atoms with Gasteiger partial charge in [0.1, 0.15) is 46.0 Å². The predicted octanol–water partition coefficient (Wildman–Crippen LogP) is 19.9. The van der Waals surface area contributed by atoms with Gasteiger partial charge in [-0.3, -0.25) is 0 Å². The van der Waals surface area contributed by atoms with Gasteiger partial charge in [-0.2, -0.15) is 0 Å². The highest BCUT2D eigenvalue weighted by atomic mass is 79.9. The van der Waals surface area contributed by atoms with Gasteiger partial charge in [0.15, 0.2) is 0 Å². The minimum absolute atomic E-state index is 0.0231. The fraction of sp³-hybridized carbons (Fsp3) is 0.189. The molecule has 6 atom stereocenters. The number of aromatic hydroxyl groups is 4. The lowest BCUT2D eigenvalue weighted by molar-refractivity contribution is -0.00656. The first kappa shape index (κ1) is 57.6. The van der Waals surface area contributed by atoms with E-state index >= 15 is 0 Å². The molecule has 10 aromatic carbocycles. The lowest BCUT2D eigenvalue weighted by Crippen LogP contribution is -2.24. The number of aryl methyl sites for hydroxylation is 4. The molecule has 8 nitrogen and oxygen atoms in total. The average Bonchev–Trinajstić information content (AvgIpc) is 0.923. The first-order valence-corrected chi connectivity index (χ1v) is 32.2. The van der Waals surface area contributed by atoms with Crippen molar-refractivity contribution >= 4 is 63.7 Å². The predicted molar refractivity (Wildman–Crippen MR) is 351 cm³/mol. The topological polar surface area (TPSA) is 118 Å². The highest BCUT2D eigenvalue weighted by Crippen LogP contribution is 2.56. The van der Waals surface area contributed by atoms with E-state index in [-0.39, 0.29) is 23.0 Å². The number of hydrogen-bond donors (Lipinski definition) is 4. The van der Waals surface area contributed by atoms with Crippen LogP contribution in [0.4, 0.5) is 0 Å². The van der Waals surface area contributed by atoms with E-state index in [1.807, 2.05) is 97.1 Å². The second kappa shape index (κ2) is 25.1. The smallest absolute Gasteiger partial charge is 0.267 e. The van der Waals surface area contributed by atoms with Gasteiger partial charge in [-0.1, -0.05) is 185 Å². The summed E-state index contributed by atoms with van der Waals surface area (Å²) in [5, 5.41) is 50.8. The van der Waals surface area contributed by atoms with Gasteiger partial charge in [-0.05, 0) is 134 Å². The van der Waals surface area contributed by atoms with Crippen molar-refractivity contribution in [1.82, 2.24) is 0 Å². The van der Waals surface area contributed by atoms with Crippen LogP contribution in [0.25, 0.3) is 0 Å². The van der Waals surface area contributed by atoms with E-state index in [4.69, 9.17) is 18.9 Å². The van der Waals surface area contributed by atoms with Crippen molar-refractivity contribution in [2.75, 3.05) is 0 Å². The summed E-state index contributed by atoms with van der Waals surface area (Å²) in [6.45, 7) is 0. The molecule has 13 rings (SSSR count). The molecule has 10 aromatic rings. The molecule has 432 valence electrons. The van der Waals surface area contributed by atoms with Gasteiger partial charge in [0.25, 0.3) is 12.6 Å². The zero-order chi connectivity index (χ0) is 59.0. The fourth-order valence-corrected chi connectivity index (χ4v) is 15.6. The molecule has 0 spiro atoms. The molecule has 4 N–H and O–H groups in total. The van der Waals surface area contributed by atoms with Crippen LogP contribution in [0.3, 0.4) is 0 Å². The van der Waals surface area contributed by atoms with E-state index in [0.717, 1.165) is 62.4 Å². The van der Waals surface area contributed by atoms with Crippen LogP contribution in [0.2, 0.25) is 0 Å². The Hall–Kier alpha value is -7.48. The Bertz CT molecular complexity index is 3810. The Morgan fingerprint density at radius 3 is 0.814 bits per heavy atom. The molecule has 0 saturated heterocycles. The summed E-state index contributed by atoms with van der Waals surface area (Å²) in [5.41, 5.74) is 11.5. The number of halogens is 4. The van der Waals surface area contributed by atoms with E-state index < -0.39 is 36.3 Å². The van der Waals surface area contributed by atoms with Crippen LogP contribution in [-0.2, 0) is 25.7 Å².